The lowest BCUT2D eigenvalue weighted by atomic mass is 10.2. The number of hydrogen-bond acceptors (Lipinski definition) is 3. The van der Waals surface area contributed by atoms with Gasteiger partial charge in [0.1, 0.15) is 6.04 Å². The number of nitrogens with zero attached hydrogens (tertiary/aromatic N) is 1. The molecule has 152 valence electrons. The van der Waals surface area contributed by atoms with E-state index in [9.17, 15) is 31.5 Å². The van der Waals surface area contributed by atoms with Crippen LogP contribution in [0.25, 0.3) is 0 Å². The van der Waals surface area contributed by atoms with Crippen LogP contribution < -0.4 is 4.31 Å². The van der Waals surface area contributed by atoms with E-state index < -0.39 is 44.4 Å². The number of anilines is 1. The first-order valence-electron chi connectivity index (χ1n) is 7.36. The Morgan fingerprint density at radius 3 is 2.11 bits per heavy atom. The summed E-state index contributed by atoms with van der Waals surface area (Å²) in [6, 6.07) is 3.35. The first-order chi connectivity index (χ1) is 12.8. The Balaban J connectivity index is 2.77. The summed E-state index contributed by atoms with van der Waals surface area (Å²) in [6.07, 6.45) is -4.80. The van der Waals surface area contributed by atoms with E-state index in [1.165, 1.54) is 0 Å². The van der Waals surface area contributed by atoms with Gasteiger partial charge in [0.25, 0.3) is 10.0 Å². The predicted octanol–water partition coefficient (Wildman–Crippen LogP) is 5.33. The van der Waals surface area contributed by atoms with E-state index in [2.05, 4.69) is 0 Å². The van der Waals surface area contributed by atoms with Gasteiger partial charge in [0.05, 0.1) is 31.2 Å². The molecule has 1 N–H and O–H groups in total. The van der Waals surface area contributed by atoms with Gasteiger partial charge in [-0.2, -0.15) is 13.2 Å². The van der Waals surface area contributed by atoms with Crippen molar-refractivity contribution in [3.8, 4) is 0 Å². The molecule has 0 bridgehead atoms. The van der Waals surface area contributed by atoms with E-state index in [0.29, 0.717) is 16.4 Å². The molecule has 0 heterocycles. The maximum Gasteiger partial charge on any atom is 0.416 e. The highest BCUT2D eigenvalue weighted by molar-refractivity contribution is 7.93. The van der Waals surface area contributed by atoms with E-state index in [4.69, 9.17) is 34.8 Å². The van der Waals surface area contributed by atoms with Crippen LogP contribution in [-0.2, 0) is 21.0 Å². The number of carboxylic acid groups (broad SMARTS) is 1. The molecule has 0 aliphatic heterocycles. The number of aliphatic carboxylic acids is 1. The summed E-state index contributed by atoms with van der Waals surface area (Å²) < 4.78 is 65.7. The third-order valence-corrected chi connectivity index (χ3v) is 6.61. The zero-order valence-electron chi connectivity index (χ0n) is 13.8. The van der Waals surface area contributed by atoms with Crippen molar-refractivity contribution in [1.82, 2.24) is 0 Å². The third kappa shape index (κ3) is 4.48. The number of sulfonamides is 1. The molecule has 1 unspecified atom stereocenters. The summed E-state index contributed by atoms with van der Waals surface area (Å²) in [5.41, 5.74) is -1.84. The number of hydrogen-bond donors (Lipinski definition) is 1. The number of rotatable bonds is 5. The molecule has 0 aliphatic rings. The van der Waals surface area contributed by atoms with Gasteiger partial charge in [-0.05, 0) is 43.3 Å². The Morgan fingerprint density at radius 1 is 1.04 bits per heavy atom. The summed E-state index contributed by atoms with van der Waals surface area (Å²) in [4.78, 5) is 11.0. The number of halogens is 6. The van der Waals surface area contributed by atoms with Crippen LogP contribution in [0.5, 0.6) is 0 Å². The van der Waals surface area contributed by atoms with Crippen LogP contribution >= 0.6 is 34.8 Å². The lowest BCUT2D eigenvalue weighted by Gasteiger charge is -2.29. The molecule has 5 nitrogen and oxygen atoms in total. The maximum absolute atomic E-state index is 13.1. The Morgan fingerprint density at radius 2 is 1.61 bits per heavy atom. The van der Waals surface area contributed by atoms with Crippen LogP contribution in [0, 0.1) is 0 Å². The van der Waals surface area contributed by atoms with Crippen molar-refractivity contribution in [3.63, 3.8) is 0 Å². The fourth-order valence-corrected chi connectivity index (χ4v) is 4.53. The average Bonchev–Trinajstić information content (AvgIpc) is 2.57. The fourth-order valence-electron chi connectivity index (χ4n) is 2.26. The molecular weight excluding hydrogens is 466 g/mol. The molecule has 0 saturated heterocycles. The van der Waals surface area contributed by atoms with Crippen LogP contribution in [0.4, 0.5) is 18.9 Å². The molecule has 0 spiro atoms. The first kappa shape index (κ1) is 22.6. The van der Waals surface area contributed by atoms with E-state index in [1.54, 1.807) is 0 Å². The van der Waals surface area contributed by atoms with Crippen LogP contribution in [-0.4, -0.2) is 25.5 Å². The molecule has 0 fully saturated rings. The summed E-state index contributed by atoms with van der Waals surface area (Å²) in [7, 11) is -4.66. The largest absolute Gasteiger partial charge is 0.480 e. The molecule has 2 aromatic carbocycles. The van der Waals surface area contributed by atoms with Gasteiger partial charge in [-0.15, -0.1) is 0 Å². The second kappa shape index (κ2) is 7.98. The van der Waals surface area contributed by atoms with Gasteiger partial charge in [0, 0.05) is 0 Å². The number of carboxylic acids is 1. The van der Waals surface area contributed by atoms with Crippen molar-refractivity contribution in [3.05, 3.63) is 57.0 Å². The van der Waals surface area contributed by atoms with E-state index in [1.807, 2.05) is 0 Å². The standard InChI is InChI=1S/C16H11Cl3F3NO4S/c1-8(15(24)25)23(14-6-9(16(20,21)22)2-4-12(14)18)28(26,27)10-3-5-11(17)13(19)7-10/h2-8H,1H3,(H,24,25). The summed E-state index contributed by atoms with van der Waals surface area (Å²) in [6.45, 7) is 0.994. The summed E-state index contributed by atoms with van der Waals surface area (Å²) in [5.74, 6) is -1.60. The van der Waals surface area contributed by atoms with Gasteiger partial charge in [0.15, 0.2) is 0 Å². The van der Waals surface area contributed by atoms with Gasteiger partial charge in [-0.3, -0.25) is 4.31 Å². The minimum Gasteiger partial charge on any atom is -0.480 e. The number of benzene rings is 2. The van der Waals surface area contributed by atoms with Gasteiger partial charge in [-0.1, -0.05) is 34.8 Å². The number of alkyl halides is 3. The quantitative estimate of drug-likeness (QED) is 0.633. The summed E-state index contributed by atoms with van der Waals surface area (Å²) >= 11 is 17.5. The molecule has 1 atom stereocenters. The SMILES string of the molecule is CC(C(=O)O)N(c1cc(C(F)(F)F)ccc1Cl)S(=O)(=O)c1ccc(Cl)c(Cl)c1. The van der Waals surface area contributed by atoms with Gasteiger partial charge < -0.3 is 5.11 Å². The predicted molar refractivity (Wildman–Crippen MR) is 99.7 cm³/mol. The number of carbonyl (C=O) groups is 1. The Labute approximate surface area is 173 Å². The van der Waals surface area contributed by atoms with Crippen LogP contribution in [0.2, 0.25) is 15.1 Å². The molecule has 2 rings (SSSR count). The molecular formula is C16H11Cl3F3NO4S. The lowest BCUT2D eigenvalue weighted by molar-refractivity contribution is -0.138. The molecule has 2 aromatic rings. The highest BCUT2D eigenvalue weighted by atomic mass is 35.5. The molecule has 12 heteroatoms. The van der Waals surface area contributed by atoms with Crippen molar-refractivity contribution in [1.29, 1.82) is 0 Å². The van der Waals surface area contributed by atoms with E-state index in [-0.39, 0.29) is 15.1 Å². The Kier molecular flexibility index (Phi) is 6.44. The van der Waals surface area contributed by atoms with Crippen LogP contribution in [0.1, 0.15) is 12.5 Å². The third-order valence-electron chi connectivity index (χ3n) is 3.67. The van der Waals surface area contributed by atoms with Crippen molar-refractivity contribution in [2.24, 2.45) is 0 Å². The molecule has 28 heavy (non-hydrogen) atoms. The van der Waals surface area contributed by atoms with E-state index in [0.717, 1.165) is 31.2 Å². The Hall–Kier alpha value is -1.68. The molecule has 0 radical (unpaired) electrons. The van der Waals surface area contributed by atoms with Crippen molar-refractivity contribution in [2.75, 3.05) is 4.31 Å². The highest BCUT2D eigenvalue weighted by Crippen LogP contribution is 2.39. The second-order valence-electron chi connectivity index (χ2n) is 5.55. The van der Waals surface area contributed by atoms with Gasteiger partial charge in [0.2, 0.25) is 0 Å². The average molecular weight is 477 g/mol. The summed E-state index contributed by atoms with van der Waals surface area (Å²) in [5, 5.41) is 8.84. The normalized spacial score (nSPS) is 13.2. The van der Waals surface area contributed by atoms with E-state index >= 15 is 0 Å². The molecule has 0 aromatic heterocycles. The van der Waals surface area contributed by atoms with Crippen molar-refractivity contribution < 1.29 is 31.5 Å². The van der Waals surface area contributed by atoms with Gasteiger partial charge in [-0.25, -0.2) is 13.2 Å². The first-order valence-corrected chi connectivity index (χ1v) is 9.93. The van der Waals surface area contributed by atoms with Crippen LogP contribution in [0.3, 0.4) is 0 Å². The molecule has 0 aliphatic carbocycles. The topological polar surface area (TPSA) is 74.7 Å². The second-order valence-corrected chi connectivity index (χ2v) is 8.59. The molecule has 0 amide bonds. The monoisotopic (exact) mass is 475 g/mol. The minimum absolute atomic E-state index is 0.0375. The Bertz CT molecular complexity index is 1030. The minimum atomic E-state index is -4.80. The smallest absolute Gasteiger partial charge is 0.416 e. The van der Waals surface area contributed by atoms with Crippen molar-refractivity contribution in [2.45, 2.75) is 24.0 Å². The lowest BCUT2D eigenvalue weighted by Crippen LogP contribution is -2.43. The maximum atomic E-state index is 13.1. The fraction of sp³-hybridized carbons (Fsp3) is 0.188. The molecule has 0 saturated carbocycles. The zero-order valence-corrected chi connectivity index (χ0v) is 16.9. The van der Waals surface area contributed by atoms with Crippen molar-refractivity contribution >= 4 is 56.5 Å². The highest BCUT2D eigenvalue weighted by Gasteiger charge is 2.37. The zero-order chi connectivity index (χ0) is 21.4. The van der Waals surface area contributed by atoms with Crippen LogP contribution in [0.15, 0.2) is 41.3 Å². The van der Waals surface area contributed by atoms with Gasteiger partial charge >= 0.3 is 12.1 Å².